The van der Waals surface area contributed by atoms with Gasteiger partial charge in [0.1, 0.15) is 10.1 Å². The average Bonchev–Trinajstić information content (AvgIpc) is 2.57. The topological polar surface area (TPSA) is 61.1 Å². The molecule has 1 aromatic heterocycles. The molecule has 0 saturated heterocycles. The Labute approximate surface area is 136 Å². The highest BCUT2D eigenvalue weighted by atomic mass is 32.2. The minimum atomic E-state index is -4.25. The number of aromatic nitrogens is 1. The molecule has 2 aromatic carbocycles. The third-order valence-electron chi connectivity index (χ3n) is 3.02. The van der Waals surface area contributed by atoms with Gasteiger partial charge in [0.2, 0.25) is 0 Å². The van der Waals surface area contributed by atoms with Gasteiger partial charge in [0.25, 0.3) is 0 Å². The number of rotatable bonds is 3. The van der Waals surface area contributed by atoms with Crippen molar-refractivity contribution in [2.24, 2.45) is 0 Å². The Hall–Kier alpha value is -2.50. The van der Waals surface area contributed by atoms with Crippen molar-refractivity contribution in [3.8, 4) is 0 Å². The van der Waals surface area contributed by atoms with E-state index in [2.05, 4.69) is 41.2 Å². The molecule has 0 spiro atoms. The number of pyridine rings is 1. The monoisotopic (exact) mass is 327 g/mol. The van der Waals surface area contributed by atoms with E-state index >= 15 is 0 Å². The molecule has 0 N–H and O–H groups in total. The standard InChI is InChI=1S/C12H12N.C6H6O3S/c1-3-7-12(8-4-1)11-13-9-5-2-6-10-13;7-10(8,9)6-4-2-1-3-5-6/h1-10H,11H2;1-5H,(H,7,8,9)/q+1;/p-1. The molecular weight excluding hydrogens is 310 g/mol. The Kier molecular flexibility index (Phi) is 6.02. The summed E-state index contributed by atoms with van der Waals surface area (Å²) in [5, 5.41) is 0. The quantitative estimate of drug-likeness (QED) is 0.549. The second-order valence-electron chi connectivity index (χ2n) is 4.80. The van der Waals surface area contributed by atoms with E-state index < -0.39 is 10.1 Å². The summed E-state index contributed by atoms with van der Waals surface area (Å²) in [5.74, 6) is 0. The largest absolute Gasteiger partial charge is 0.744 e. The summed E-state index contributed by atoms with van der Waals surface area (Å²) in [6, 6.07) is 23.8. The average molecular weight is 327 g/mol. The van der Waals surface area contributed by atoms with Crippen LogP contribution in [-0.4, -0.2) is 13.0 Å². The van der Waals surface area contributed by atoms with Gasteiger partial charge in [-0.2, -0.15) is 0 Å². The van der Waals surface area contributed by atoms with Gasteiger partial charge in [-0.05, 0) is 12.1 Å². The van der Waals surface area contributed by atoms with Crippen molar-refractivity contribution < 1.29 is 17.5 Å². The molecule has 0 aliphatic rings. The summed E-state index contributed by atoms with van der Waals surface area (Å²) >= 11 is 0. The molecule has 3 rings (SSSR count). The molecule has 0 fully saturated rings. The zero-order chi connectivity index (χ0) is 16.5. The Morgan fingerprint density at radius 3 is 1.70 bits per heavy atom. The first-order chi connectivity index (χ1) is 11.1. The number of nitrogens with zero attached hydrogens (tertiary/aromatic N) is 1. The van der Waals surface area contributed by atoms with Crippen LogP contribution in [0.3, 0.4) is 0 Å². The summed E-state index contributed by atoms with van der Waals surface area (Å²) in [7, 11) is -4.25. The van der Waals surface area contributed by atoms with Crippen molar-refractivity contribution in [1.82, 2.24) is 0 Å². The molecule has 0 bridgehead atoms. The minimum Gasteiger partial charge on any atom is -0.744 e. The first-order valence-corrected chi connectivity index (χ1v) is 8.45. The molecule has 3 aromatic rings. The van der Waals surface area contributed by atoms with Gasteiger partial charge in [-0.3, -0.25) is 0 Å². The summed E-state index contributed by atoms with van der Waals surface area (Å²) in [4.78, 5) is -0.185. The van der Waals surface area contributed by atoms with Crippen molar-refractivity contribution in [2.45, 2.75) is 11.4 Å². The Morgan fingerprint density at radius 2 is 1.22 bits per heavy atom. The van der Waals surface area contributed by atoms with Crippen LogP contribution in [0.1, 0.15) is 5.56 Å². The van der Waals surface area contributed by atoms with Crippen LogP contribution in [0.2, 0.25) is 0 Å². The number of hydrogen-bond acceptors (Lipinski definition) is 3. The maximum atomic E-state index is 10.3. The minimum absolute atomic E-state index is 0.185. The Bertz CT molecular complexity index is 767. The van der Waals surface area contributed by atoms with Crippen LogP contribution in [-0.2, 0) is 16.7 Å². The van der Waals surface area contributed by atoms with Crippen LogP contribution in [0.15, 0.2) is 96.2 Å². The van der Waals surface area contributed by atoms with E-state index in [-0.39, 0.29) is 4.90 Å². The van der Waals surface area contributed by atoms with E-state index in [1.807, 2.05) is 24.3 Å². The lowest BCUT2D eigenvalue weighted by Crippen LogP contribution is -2.32. The zero-order valence-electron chi connectivity index (χ0n) is 12.4. The van der Waals surface area contributed by atoms with Crippen molar-refractivity contribution in [1.29, 1.82) is 0 Å². The lowest BCUT2D eigenvalue weighted by Gasteiger charge is -2.04. The molecule has 5 heteroatoms. The fourth-order valence-electron chi connectivity index (χ4n) is 1.92. The molecule has 0 aliphatic heterocycles. The fraction of sp³-hybridized carbons (Fsp3) is 0.0556. The van der Waals surface area contributed by atoms with E-state index in [4.69, 9.17) is 0 Å². The summed E-state index contributed by atoms with van der Waals surface area (Å²) in [5.41, 5.74) is 1.33. The lowest BCUT2D eigenvalue weighted by molar-refractivity contribution is -0.688. The highest BCUT2D eigenvalue weighted by molar-refractivity contribution is 7.85. The van der Waals surface area contributed by atoms with Crippen LogP contribution in [0.25, 0.3) is 0 Å². The van der Waals surface area contributed by atoms with Crippen LogP contribution in [0, 0.1) is 0 Å². The predicted molar refractivity (Wildman–Crippen MR) is 86.6 cm³/mol. The van der Waals surface area contributed by atoms with Gasteiger partial charge in [0.15, 0.2) is 18.9 Å². The Balaban J connectivity index is 0.000000174. The van der Waals surface area contributed by atoms with Crippen LogP contribution >= 0.6 is 0 Å². The molecule has 0 amide bonds. The molecule has 0 radical (unpaired) electrons. The van der Waals surface area contributed by atoms with Crippen molar-refractivity contribution >= 4 is 10.1 Å². The lowest BCUT2D eigenvalue weighted by atomic mass is 10.2. The van der Waals surface area contributed by atoms with Crippen LogP contribution in [0.5, 0.6) is 0 Å². The van der Waals surface area contributed by atoms with Gasteiger partial charge in [0.05, 0.1) is 4.90 Å². The normalized spacial score (nSPS) is 10.5. The van der Waals surface area contributed by atoms with Gasteiger partial charge in [-0.1, -0.05) is 54.6 Å². The zero-order valence-corrected chi connectivity index (χ0v) is 13.3. The molecule has 0 saturated carbocycles. The number of benzene rings is 2. The summed E-state index contributed by atoms with van der Waals surface area (Å²) < 4.78 is 33.0. The predicted octanol–water partition coefficient (Wildman–Crippen LogP) is 2.61. The van der Waals surface area contributed by atoms with E-state index in [1.54, 1.807) is 6.07 Å². The molecule has 118 valence electrons. The second-order valence-corrected chi connectivity index (χ2v) is 6.18. The molecule has 1 heterocycles. The van der Waals surface area contributed by atoms with E-state index in [0.717, 1.165) is 6.54 Å². The van der Waals surface area contributed by atoms with Crippen molar-refractivity contribution in [2.75, 3.05) is 0 Å². The van der Waals surface area contributed by atoms with Gasteiger partial charge < -0.3 is 4.55 Å². The SMILES string of the molecule is O=S(=O)([O-])c1ccccc1.c1ccc(C[n+]2ccccc2)cc1. The molecule has 0 aliphatic carbocycles. The smallest absolute Gasteiger partial charge is 0.173 e. The molecule has 0 unspecified atom stereocenters. The third-order valence-corrected chi connectivity index (χ3v) is 3.87. The Morgan fingerprint density at radius 1 is 0.739 bits per heavy atom. The van der Waals surface area contributed by atoms with Gasteiger partial charge in [-0.15, -0.1) is 0 Å². The molecule has 4 nitrogen and oxygen atoms in total. The van der Waals surface area contributed by atoms with E-state index in [1.165, 1.54) is 29.8 Å². The van der Waals surface area contributed by atoms with Gasteiger partial charge >= 0.3 is 0 Å². The molecular formula is C18H17NO3S. The maximum absolute atomic E-state index is 10.3. The van der Waals surface area contributed by atoms with Crippen molar-refractivity contribution in [3.05, 3.63) is 96.8 Å². The second kappa shape index (κ2) is 8.22. The van der Waals surface area contributed by atoms with Gasteiger partial charge in [0, 0.05) is 17.7 Å². The van der Waals surface area contributed by atoms with E-state index in [0.29, 0.717) is 0 Å². The number of hydrogen-bond donors (Lipinski definition) is 0. The van der Waals surface area contributed by atoms with Crippen LogP contribution in [0.4, 0.5) is 0 Å². The highest BCUT2D eigenvalue weighted by Crippen LogP contribution is 2.05. The van der Waals surface area contributed by atoms with Crippen molar-refractivity contribution in [3.63, 3.8) is 0 Å². The maximum Gasteiger partial charge on any atom is 0.173 e. The van der Waals surface area contributed by atoms with Crippen LogP contribution < -0.4 is 4.57 Å². The van der Waals surface area contributed by atoms with Gasteiger partial charge in [-0.25, -0.2) is 13.0 Å². The fourth-order valence-corrected chi connectivity index (χ4v) is 2.41. The summed E-state index contributed by atoms with van der Waals surface area (Å²) in [6.45, 7) is 0.946. The summed E-state index contributed by atoms with van der Waals surface area (Å²) in [6.07, 6.45) is 4.15. The molecule has 23 heavy (non-hydrogen) atoms. The van der Waals surface area contributed by atoms with E-state index in [9.17, 15) is 13.0 Å². The third kappa shape index (κ3) is 6.02. The first kappa shape index (κ1) is 16.9. The highest BCUT2D eigenvalue weighted by Gasteiger charge is 1.98. The first-order valence-electron chi connectivity index (χ1n) is 7.05. The molecule has 0 atom stereocenters.